The van der Waals surface area contributed by atoms with Crippen LogP contribution in [0.5, 0.6) is 23.0 Å². The van der Waals surface area contributed by atoms with Crippen LogP contribution >= 0.6 is 0 Å². The highest BCUT2D eigenvalue weighted by molar-refractivity contribution is 6.00. The Kier molecular flexibility index (Phi) is 21.0. The Morgan fingerprint density at radius 2 is 1.01 bits per heavy atom. The molecule has 6 atom stereocenters. The van der Waals surface area contributed by atoms with Gasteiger partial charge >= 0.3 is 17.9 Å². The van der Waals surface area contributed by atoms with Crippen molar-refractivity contribution in [2.24, 2.45) is 23.7 Å². The Labute approximate surface area is 396 Å². The van der Waals surface area contributed by atoms with Crippen LogP contribution in [0, 0.1) is 51.4 Å². The summed E-state index contributed by atoms with van der Waals surface area (Å²) >= 11 is 0. The Balaban J connectivity index is 0.000000359. The van der Waals surface area contributed by atoms with Crippen molar-refractivity contribution < 1.29 is 57.5 Å². The lowest BCUT2D eigenvalue weighted by atomic mass is 9.82. The van der Waals surface area contributed by atoms with E-state index in [2.05, 4.69) is 94.8 Å². The maximum Gasteiger partial charge on any atom is 0.309 e. The summed E-state index contributed by atoms with van der Waals surface area (Å²) in [6.07, 6.45) is 1.81. The number of hydrogen-bond acceptors (Lipinski definition) is 14. The molecule has 0 unspecified atom stereocenters. The third kappa shape index (κ3) is 15.4. The van der Waals surface area contributed by atoms with Gasteiger partial charge in [-0.2, -0.15) is 0 Å². The van der Waals surface area contributed by atoms with Crippen molar-refractivity contribution in [2.45, 2.75) is 127 Å². The van der Waals surface area contributed by atoms with Gasteiger partial charge in [0.05, 0.1) is 26.1 Å². The van der Waals surface area contributed by atoms with E-state index in [4.69, 9.17) is 28.4 Å². The van der Waals surface area contributed by atoms with Crippen LogP contribution in [-0.2, 0) is 28.6 Å². The summed E-state index contributed by atoms with van der Waals surface area (Å²) in [6, 6.07) is 15.6. The molecule has 14 heteroatoms. The maximum absolute atomic E-state index is 13.1. The molecule has 0 fully saturated rings. The largest absolute Gasteiger partial charge is 0.503 e. The highest BCUT2D eigenvalue weighted by Crippen LogP contribution is 2.36. The number of methoxy groups -OCH3 is 2. The summed E-state index contributed by atoms with van der Waals surface area (Å²) in [6.45, 7) is 24.6. The molecule has 0 saturated carbocycles. The maximum atomic E-state index is 13.1. The number of pyridine rings is 2. The van der Waals surface area contributed by atoms with Crippen molar-refractivity contribution in [3.8, 4) is 23.0 Å². The van der Waals surface area contributed by atoms with E-state index in [0.29, 0.717) is 0 Å². The molecule has 0 amide bonds. The first-order chi connectivity index (χ1) is 31.5. The van der Waals surface area contributed by atoms with Crippen LogP contribution in [0.3, 0.4) is 0 Å². The average molecular weight is 927 g/mol. The fourth-order valence-electron chi connectivity index (χ4n) is 8.27. The molecule has 0 saturated heterocycles. The summed E-state index contributed by atoms with van der Waals surface area (Å²) in [5.74, 6) is -2.97. The van der Waals surface area contributed by atoms with Crippen LogP contribution in [0.4, 0.5) is 0 Å². The van der Waals surface area contributed by atoms with Crippen LogP contribution in [0.1, 0.15) is 141 Å². The second kappa shape index (κ2) is 25.6. The quantitative estimate of drug-likeness (QED) is 0.0360. The smallest absolute Gasteiger partial charge is 0.309 e. The van der Waals surface area contributed by atoms with E-state index >= 15 is 0 Å². The molecule has 0 aliphatic rings. The van der Waals surface area contributed by atoms with E-state index < -0.39 is 48.1 Å². The van der Waals surface area contributed by atoms with Crippen LogP contribution in [0.25, 0.3) is 0 Å². The van der Waals surface area contributed by atoms with Crippen LogP contribution < -0.4 is 14.2 Å². The fourth-order valence-corrected chi connectivity index (χ4v) is 8.27. The molecular weight excluding hydrogens is 857 g/mol. The highest BCUT2D eigenvalue weighted by Gasteiger charge is 2.32. The first-order valence-corrected chi connectivity index (χ1v) is 22.6. The number of aryl methyl sites for hydroxylation is 4. The predicted octanol–water partition coefficient (Wildman–Crippen LogP) is 10.2. The zero-order chi connectivity index (χ0) is 50.3. The first kappa shape index (κ1) is 55.0. The minimum absolute atomic E-state index is 0.00969. The number of aromatic hydroxyl groups is 1. The molecule has 0 bridgehead atoms. The summed E-state index contributed by atoms with van der Waals surface area (Å²) < 4.78 is 32.2. The SMILES string of the molecule is COc1ccnc(C(=O)C[C@@H](C)C(=O)O[C@@H](C)[C@@H](c2ccc(C)cc2C)C(C)C)c1O.COc1ccnc(C(=O)C[C@@H](C)C(=O)O[C@@H](C)[C@@H](c2ccc(C)cc2C)C(C)C)c1OCOC(C)=O. The molecule has 364 valence electrons. The van der Waals surface area contributed by atoms with Crippen LogP contribution in [0.15, 0.2) is 60.9 Å². The second-order valence-electron chi connectivity index (χ2n) is 17.9. The van der Waals surface area contributed by atoms with Crippen molar-refractivity contribution in [3.05, 3.63) is 106 Å². The Morgan fingerprint density at radius 1 is 0.597 bits per heavy atom. The van der Waals surface area contributed by atoms with Gasteiger partial charge in [-0.25, -0.2) is 9.97 Å². The van der Waals surface area contributed by atoms with Crippen LogP contribution in [0.2, 0.25) is 0 Å². The molecule has 1 N–H and O–H groups in total. The summed E-state index contributed by atoms with van der Waals surface area (Å²) in [4.78, 5) is 70.5. The van der Waals surface area contributed by atoms with Crippen molar-refractivity contribution in [2.75, 3.05) is 21.0 Å². The molecule has 0 radical (unpaired) electrons. The van der Waals surface area contributed by atoms with Gasteiger partial charge in [-0.15, -0.1) is 0 Å². The van der Waals surface area contributed by atoms with Gasteiger partial charge in [0.1, 0.15) is 12.2 Å². The third-order valence-electron chi connectivity index (χ3n) is 11.6. The van der Waals surface area contributed by atoms with Crippen LogP contribution in [-0.4, -0.2) is 77.8 Å². The number of carbonyl (C=O) groups is 5. The number of Topliss-reactive ketones (excluding diaryl/α,β-unsaturated/α-hetero) is 2. The van der Waals surface area contributed by atoms with Gasteiger partial charge in [0.15, 0.2) is 46.0 Å². The minimum atomic E-state index is -0.707. The Bertz CT molecular complexity index is 2340. The number of benzene rings is 2. The zero-order valence-electron chi connectivity index (χ0n) is 41.8. The molecule has 4 rings (SSSR count). The lowest BCUT2D eigenvalue weighted by molar-refractivity contribution is -0.155. The predicted molar refractivity (Wildman–Crippen MR) is 255 cm³/mol. The van der Waals surface area contributed by atoms with Gasteiger partial charge in [0.25, 0.3) is 0 Å². The molecule has 4 aromatic rings. The molecule has 2 aromatic carbocycles. The molecule has 0 spiro atoms. The first-order valence-electron chi connectivity index (χ1n) is 22.6. The molecule has 2 aromatic heterocycles. The molecule has 2 heterocycles. The molecule has 0 aliphatic carbocycles. The lowest BCUT2D eigenvalue weighted by Crippen LogP contribution is -2.30. The van der Waals surface area contributed by atoms with Gasteiger partial charge in [0, 0.05) is 56.1 Å². The van der Waals surface area contributed by atoms with Crippen molar-refractivity contribution in [1.82, 2.24) is 9.97 Å². The van der Waals surface area contributed by atoms with Gasteiger partial charge < -0.3 is 33.5 Å². The van der Waals surface area contributed by atoms with Gasteiger partial charge in [-0.3, -0.25) is 24.0 Å². The average Bonchev–Trinajstić information content (AvgIpc) is 3.25. The summed E-state index contributed by atoms with van der Waals surface area (Å²) in [5, 5.41) is 10.1. The minimum Gasteiger partial charge on any atom is -0.503 e. The normalized spacial score (nSPS) is 13.7. The van der Waals surface area contributed by atoms with Gasteiger partial charge in [-0.1, -0.05) is 89.1 Å². The number of hydrogen-bond donors (Lipinski definition) is 1. The zero-order valence-corrected chi connectivity index (χ0v) is 41.8. The molecular formula is C53H70N2O12. The Hall–Kier alpha value is -6.31. The summed E-state index contributed by atoms with van der Waals surface area (Å²) in [5.41, 5.74) is 6.89. The summed E-state index contributed by atoms with van der Waals surface area (Å²) in [7, 11) is 2.82. The third-order valence-corrected chi connectivity index (χ3v) is 11.6. The number of rotatable bonds is 21. The Morgan fingerprint density at radius 3 is 1.42 bits per heavy atom. The van der Waals surface area contributed by atoms with Crippen molar-refractivity contribution in [3.63, 3.8) is 0 Å². The van der Waals surface area contributed by atoms with Gasteiger partial charge in [0.2, 0.25) is 6.79 Å². The standard InChI is InChI=1S/C28H37NO7.C25H33NO5/c1-16(2)25(22-10-9-17(3)13-18(22)4)20(6)36-28(32)19(5)14-23(31)26-27(35-15-34-21(7)30)24(33-8)11-12-29-26;1-14(2)22(19-9-8-15(3)12-16(19)4)18(6)31-25(29)17(5)13-20(27)23-24(28)21(30-7)10-11-26-23/h9-13,16,19-20,25H,14-15H2,1-8H3;8-12,14,17-18,22,28H,13H2,1-7H3/t19-,20+,25+;17-,18+,22+/m11/s1. The number of ether oxygens (including phenoxy) is 6. The lowest BCUT2D eigenvalue weighted by Gasteiger charge is -2.30. The number of esters is 3. The van der Waals surface area contributed by atoms with E-state index in [1.165, 1.54) is 62.4 Å². The van der Waals surface area contributed by atoms with E-state index in [9.17, 15) is 29.1 Å². The fraction of sp³-hybridized carbons (Fsp3) is 0.491. The van der Waals surface area contributed by atoms with E-state index in [0.717, 1.165) is 16.7 Å². The number of aromatic nitrogens is 2. The van der Waals surface area contributed by atoms with E-state index in [1.54, 1.807) is 13.8 Å². The molecule has 14 nitrogen and oxygen atoms in total. The topological polar surface area (TPSA) is 187 Å². The molecule has 67 heavy (non-hydrogen) atoms. The number of ketones is 2. The highest BCUT2D eigenvalue weighted by atomic mass is 16.7. The second-order valence-corrected chi connectivity index (χ2v) is 17.9. The number of carbonyl (C=O) groups excluding carboxylic acids is 5. The van der Waals surface area contributed by atoms with Crippen molar-refractivity contribution in [1.29, 1.82) is 0 Å². The van der Waals surface area contributed by atoms with E-state index in [1.807, 2.05) is 20.8 Å². The molecule has 0 aliphatic heterocycles. The number of nitrogens with zero attached hydrogens (tertiary/aromatic N) is 2. The van der Waals surface area contributed by atoms with Crippen molar-refractivity contribution >= 4 is 29.5 Å². The van der Waals surface area contributed by atoms with Gasteiger partial charge in [-0.05, 0) is 75.6 Å². The monoisotopic (exact) mass is 926 g/mol. The van der Waals surface area contributed by atoms with E-state index in [-0.39, 0.29) is 83.1 Å².